The van der Waals surface area contributed by atoms with Crippen LogP contribution < -0.4 is 0 Å². The van der Waals surface area contributed by atoms with E-state index in [1.165, 1.54) is 43.1 Å². The average molecular weight is 296 g/mol. The Labute approximate surface area is 124 Å². The van der Waals surface area contributed by atoms with Gasteiger partial charge in [0.15, 0.2) is 0 Å². The molecule has 0 aromatic carbocycles. The molecular weight excluding hydrogens is 272 g/mol. The lowest BCUT2D eigenvalue weighted by Crippen LogP contribution is -2.07. The Kier molecular flexibility index (Phi) is 5.52. The molecule has 0 amide bonds. The van der Waals surface area contributed by atoms with E-state index in [0.29, 0.717) is 11.8 Å². The van der Waals surface area contributed by atoms with Crippen LogP contribution in [0.2, 0.25) is 0 Å². The van der Waals surface area contributed by atoms with E-state index in [4.69, 9.17) is 10.2 Å². The molecule has 0 atom stereocenters. The number of hydrogen-bond acceptors (Lipinski definition) is 3. The number of carboxylic acids is 1. The van der Waals surface area contributed by atoms with Gasteiger partial charge in [-0.2, -0.15) is 5.10 Å². The minimum atomic E-state index is -0.769. The maximum Gasteiger partial charge on any atom is 0.313 e. The van der Waals surface area contributed by atoms with Crippen molar-refractivity contribution >= 4 is 17.7 Å². The summed E-state index contributed by atoms with van der Waals surface area (Å²) in [6.45, 7) is 5.28. The van der Waals surface area contributed by atoms with E-state index in [2.05, 4.69) is 19.9 Å². The van der Waals surface area contributed by atoms with Crippen molar-refractivity contribution in [1.29, 1.82) is 0 Å². The quantitative estimate of drug-likeness (QED) is 0.778. The SMILES string of the molecule is CC(C)CCn1nc(C2CCCC2)cc1SCC(=O)O. The van der Waals surface area contributed by atoms with E-state index in [9.17, 15) is 4.79 Å². The second-order valence-electron chi connectivity index (χ2n) is 5.98. The van der Waals surface area contributed by atoms with Crippen molar-refractivity contribution in [2.45, 2.75) is 63.4 Å². The molecule has 0 unspecified atom stereocenters. The molecule has 1 heterocycles. The maximum atomic E-state index is 10.8. The van der Waals surface area contributed by atoms with E-state index in [1.54, 1.807) is 0 Å². The number of carboxylic acid groups (broad SMARTS) is 1. The predicted octanol–water partition coefficient (Wildman–Crippen LogP) is 3.76. The van der Waals surface area contributed by atoms with Gasteiger partial charge >= 0.3 is 5.97 Å². The van der Waals surface area contributed by atoms with Crippen LogP contribution in [0.1, 0.15) is 57.6 Å². The van der Waals surface area contributed by atoms with Crippen LogP contribution in [-0.2, 0) is 11.3 Å². The Bertz CT molecular complexity index is 451. The van der Waals surface area contributed by atoms with E-state index >= 15 is 0 Å². The molecule has 20 heavy (non-hydrogen) atoms. The molecule has 1 N–H and O–H groups in total. The van der Waals surface area contributed by atoms with Gasteiger partial charge in [-0.1, -0.05) is 38.5 Å². The number of rotatable bonds is 7. The predicted molar refractivity (Wildman–Crippen MR) is 81.3 cm³/mol. The lowest BCUT2D eigenvalue weighted by atomic mass is 10.1. The zero-order valence-corrected chi connectivity index (χ0v) is 13.2. The van der Waals surface area contributed by atoms with E-state index in [0.717, 1.165) is 18.0 Å². The summed E-state index contributed by atoms with van der Waals surface area (Å²) in [5.41, 5.74) is 1.17. The molecule has 112 valence electrons. The smallest absolute Gasteiger partial charge is 0.313 e. The normalized spacial score (nSPS) is 16.1. The summed E-state index contributed by atoms with van der Waals surface area (Å²) in [6.07, 6.45) is 6.11. The van der Waals surface area contributed by atoms with Crippen LogP contribution >= 0.6 is 11.8 Å². The van der Waals surface area contributed by atoms with Gasteiger partial charge in [-0.25, -0.2) is 0 Å². The van der Waals surface area contributed by atoms with Crippen LogP contribution in [0.3, 0.4) is 0 Å². The van der Waals surface area contributed by atoms with Crippen molar-refractivity contribution in [3.8, 4) is 0 Å². The fraction of sp³-hybridized carbons (Fsp3) is 0.733. The van der Waals surface area contributed by atoms with Gasteiger partial charge < -0.3 is 5.11 Å². The van der Waals surface area contributed by atoms with Crippen LogP contribution in [0.15, 0.2) is 11.1 Å². The molecule has 1 aliphatic rings. The highest BCUT2D eigenvalue weighted by molar-refractivity contribution is 7.99. The molecule has 0 saturated heterocycles. The lowest BCUT2D eigenvalue weighted by molar-refractivity contribution is -0.133. The summed E-state index contributed by atoms with van der Waals surface area (Å²) >= 11 is 1.39. The summed E-state index contributed by atoms with van der Waals surface area (Å²) in [7, 11) is 0. The average Bonchev–Trinajstić information content (AvgIpc) is 3.02. The van der Waals surface area contributed by atoms with Gasteiger partial charge in [-0.15, -0.1) is 0 Å². The van der Waals surface area contributed by atoms with Gasteiger partial charge in [0.25, 0.3) is 0 Å². The first-order chi connectivity index (χ1) is 9.56. The first-order valence-electron chi connectivity index (χ1n) is 7.48. The number of nitrogens with zero attached hydrogens (tertiary/aromatic N) is 2. The Hall–Kier alpha value is -0.970. The van der Waals surface area contributed by atoms with Gasteiger partial charge in [0, 0.05) is 12.5 Å². The van der Waals surface area contributed by atoms with Crippen LogP contribution in [-0.4, -0.2) is 26.6 Å². The molecule has 0 aliphatic heterocycles. The molecule has 1 saturated carbocycles. The van der Waals surface area contributed by atoms with Gasteiger partial charge in [0.2, 0.25) is 0 Å². The zero-order chi connectivity index (χ0) is 14.5. The van der Waals surface area contributed by atoms with Gasteiger partial charge in [0.1, 0.15) is 0 Å². The third-order valence-corrected chi connectivity index (χ3v) is 4.81. The molecule has 0 spiro atoms. The van der Waals surface area contributed by atoms with Crippen molar-refractivity contribution in [1.82, 2.24) is 9.78 Å². The maximum absolute atomic E-state index is 10.8. The number of carbonyl (C=O) groups is 1. The van der Waals surface area contributed by atoms with Crippen LogP contribution in [0, 0.1) is 5.92 Å². The van der Waals surface area contributed by atoms with Crippen LogP contribution in [0.4, 0.5) is 0 Å². The zero-order valence-electron chi connectivity index (χ0n) is 12.3. The Morgan fingerprint density at radius 3 is 2.80 bits per heavy atom. The Balaban J connectivity index is 2.10. The lowest BCUT2D eigenvalue weighted by Gasteiger charge is -2.08. The van der Waals surface area contributed by atoms with Gasteiger partial charge in [-0.3, -0.25) is 9.48 Å². The minimum absolute atomic E-state index is 0.109. The summed E-state index contributed by atoms with van der Waals surface area (Å²) in [5, 5.41) is 14.6. The highest BCUT2D eigenvalue weighted by Crippen LogP contribution is 2.35. The number of thioether (sulfide) groups is 1. The van der Waals surface area contributed by atoms with Crippen molar-refractivity contribution in [3.63, 3.8) is 0 Å². The van der Waals surface area contributed by atoms with Crippen molar-refractivity contribution in [3.05, 3.63) is 11.8 Å². The molecule has 5 heteroatoms. The highest BCUT2D eigenvalue weighted by atomic mass is 32.2. The fourth-order valence-corrected chi connectivity index (χ4v) is 3.39. The monoisotopic (exact) mass is 296 g/mol. The molecular formula is C15H24N2O2S. The molecule has 1 aromatic rings. The number of hydrogen-bond donors (Lipinski definition) is 1. The third kappa shape index (κ3) is 4.27. The summed E-state index contributed by atoms with van der Waals surface area (Å²) < 4.78 is 2.02. The molecule has 0 bridgehead atoms. The molecule has 1 aliphatic carbocycles. The molecule has 4 nitrogen and oxygen atoms in total. The van der Waals surface area contributed by atoms with E-state index < -0.39 is 5.97 Å². The Morgan fingerprint density at radius 2 is 2.20 bits per heavy atom. The number of aryl methyl sites for hydroxylation is 1. The van der Waals surface area contributed by atoms with Gasteiger partial charge in [-0.05, 0) is 31.2 Å². The topological polar surface area (TPSA) is 55.1 Å². The highest BCUT2D eigenvalue weighted by Gasteiger charge is 2.21. The standard InChI is InChI=1S/C15H24N2O2S/c1-11(2)7-8-17-14(20-10-15(18)19)9-13(16-17)12-5-3-4-6-12/h9,11-12H,3-8,10H2,1-2H3,(H,18,19). The Morgan fingerprint density at radius 1 is 1.50 bits per heavy atom. The van der Waals surface area contributed by atoms with Gasteiger partial charge in [0.05, 0.1) is 16.5 Å². The summed E-state index contributed by atoms with van der Waals surface area (Å²) in [6, 6.07) is 2.11. The summed E-state index contributed by atoms with van der Waals surface area (Å²) in [5.74, 6) is 0.553. The van der Waals surface area contributed by atoms with Crippen LogP contribution in [0.25, 0.3) is 0 Å². The largest absolute Gasteiger partial charge is 0.481 e. The number of aromatic nitrogens is 2. The minimum Gasteiger partial charge on any atom is -0.481 e. The molecule has 0 radical (unpaired) electrons. The number of aliphatic carboxylic acids is 1. The second kappa shape index (κ2) is 7.16. The van der Waals surface area contributed by atoms with Crippen molar-refractivity contribution in [2.75, 3.05) is 5.75 Å². The summed E-state index contributed by atoms with van der Waals surface area (Å²) in [4.78, 5) is 10.8. The first kappa shape index (κ1) is 15.4. The fourth-order valence-electron chi connectivity index (χ4n) is 2.63. The molecule has 1 aromatic heterocycles. The third-order valence-electron chi connectivity index (χ3n) is 3.80. The van der Waals surface area contributed by atoms with Crippen molar-refractivity contribution in [2.24, 2.45) is 5.92 Å². The molecule has 2 rings (SSSR count). The van der Waals surface area contributed by atoms with Crippen LogP contribution in [0.5, 0.6) is 0 Å². The van der Waals surface area contributed by atoms with E-state index in [-0.39, 0.29) is 5.75 Å². The van der Waals surface area contributed by atoms with E-state index in [1.807, 2.05) is 4.68 Å². The first-order valence-corrected chi connectivity index (χ1v) is 8.47. The molecule has 1 fully saturated rings. The second-order valence-corrected chi connectivity index (χ2v) is 6.97. The van der Waals surface area contributed by atoms with Crippen molar-refractivity contribution < 1.29 is 9.90 Å².